The first-order valence-corrected chi connectivity index (χ1v) is 8.08. The Morgan fingerprint density at radius 2 is 2.18 bits per heavy atom. The van der Waals surface area contributed by atoms with Gasteiger partial charge in [-0.1, -0.05) is 24.8 Å². The van der Waals surface area contributed by atoms with Crippen LogP contribution in [0.25, 0.3) is 16.9 Å². The normalized spacial score (nSPS) is 10.9. The fourth-order valence-electron chi connectivity index (χ4n) is 2.33. The third kappa shape index (κ3) is 2.62. The van der Waals surface area contributed by atoms with Crippen LogP contribution in [-0.4, -0.2) is 34.3 Å². The van der Waals surface area contributed by atoms with Gasteiger partial charge in [-0.05, 0) is 17.9 Å². The van der Waals surface area contributed by atoms with Crippen molar-refractivity contribution >= 4 is 23.1 Å². The molecule has 0 atom stereocenters. The second-order valence-corrected chi connectivity index (χ2v) is 5.91. The van der Waals surface area contributed by atoms with Gasteiger partial charge in [0.05, 0.1) is 18.5 Å². The van der Waals surface area contributed by atoms with Crippen LogP contribution in [0, 0.1) is 0 Å². The van der Waals surface area contributed by atoms with Gasteiger partial charge in [0, 0.05) is 31.1 Å². The average Bonchev–Trinajstić information content (AvgIpc) is 3.03. The number of ether oxygens (including phenoxy) is 1. The van der Waals surface area contributed by atoms with Crippen molar-refractivity contribution in [3.63, 3.8) is 0 Å². The molecule has 0 aliphatic carbocycles. The summed E-state index contributed by atoms with van der Waals surface area (Å²) in [6.07, 6.45) is 3.74. The van der Waals surface area contributed by atoms with Gasteiger partial charge in [0.25, 0.3) is 0 Å². The molecule has 2 aromatic heterocycles. The molecule has 3 aromatic rings. The number of nitrogens with zero attached hydrogens (tertiary/aromatic N) is 3. The third-order valence-corrected chi connectivity index (χ3v) is 4.23. The number of anilines is 1. The zero-order valence-electron chi connectivity index (χ0n) is 12.8. The highest BCUT2D eigenvalue weighted by atomic mass is 32.2. The summed E-state index contributed by atoms with van der Waals surface area (Å²) < 4.78 is 7.44. The van der Waals surface area contributed by atoms with Crippen molar-refractivity contribution in [2.24, 2.45) is 0 Å². The predicted octanol–water partition coefficient (Wildman–Crippen LogP) is 3.56. The van der Waals surface area contributed by atoms with Crippen molar-refractivity contribution in [2.45, 2.75) is 12.1 Å². The zero-order chi connectivity index (χ0) is 15.5. The Bertz CT molecular complexity index is 800. The Morgan fingerprint density at radius 3 is 2.91 bits per heavy atom. The molecule has 1 N–H and O–H groups in total. The minimum absolute atomic E-state index is 0.801. The number of hydrogen-bond donors (Lipinski definition) is 1. The van der Waals surface area contributed by atoms with E-state index in [9.17, 15) is 0 Å². The second kappa shape index (κ2) is 6.27. The Balaban J connectivity index is 2.13. The van der Waals surface area contributed by atoms with Crippen LogP contribution in [0.15, 0.2) is 41.8 Å². The van der Waals surface area contributed by atoms with Crippen molar-refractivity contribution in [1.82, 2.24) is 14.4 Å². The summed E-state index contributed by atoms with van der Waals surface area (Å²) >= 11 is 1.70. The van der Waals surface area contributed by atoms with Crippen LogP contribution in [0.2, 0.25) is 0 Å². The van der Waals surface area contributed by atoms with E-state index in [1.54, 1.807) is 25.1 Å². The molecular weight excluding hydrogens is 296 g/mol. The van der Waals surface area contributed by atoms with E-state index >= 15 is 0 Å². The molecule has 2 heterocycles. The molecule has 6 heteroatoms. The van der Waals surface area contributed by atoms with Crippen LogP contribution in [0.5, 0.6) is 5.75 Å². The number of hydrogen-bond acceptors (Lipinski definition) is 5. The van der Waals surface area contributed by atoms with Gasteiger partial charge in [0.1, 0.15) is 11.4 Å². The van der Waals surface area contributed by atoms with Crippen LogP contribution >= 0.6 is 11.8 Å². The van der Waals surface area contributed by atoms with Crippen LogP contribution in [0.3, 0.4) is 0 Å². The monoisotopic (exact) mass is 314 g/mol. The number of fused-ring (bicyclic) bond motifs is 1. The number of thioether (sulfide) groups is 1. The lowest BCUT2D eigenvalue weighted by Crippen LogP contribution is -1.98. The molecule has 1 aromatic carbocycles. The van der Waals surface area contributed by atoms with Gasteiger partial charge < -0.3 is 10.1 Å². The van der Waals surface area contributed by atoms with Crippen molar-refractivity contribution in [3.8, 4) is 17.0 Å². The Labute approximate surface area is 133 Å². The van der Waals surface area contributed by atoms with Crippen molar-refractivity contribution in [1.29, 1.82) is 0 Å². The molecule has 0 aliphatic rings. The molecule has 0 amide bonds. The van der Waals surface area contributed by atoms with Crippen molar-refractivity contribution in [3.05, 3.63) is 36.7 Å². The molecule has 0 radical (unpaired) electrons. The first-order chi connectivity index (χ1) is 10.8. The molecule has 0 saturated heterocycles. The minimum atomic E-state index is 0.801. The van der Waals surface area contributed by atoms with Gasteiger partial charge in [-0.3, -0.25) is 4.40 Å². The summed E-state index contributed by atoms with van der Waals surface area (Å²) in [5.41, 5.74) is 3.77. The number of nitrogens with one attached hydrogen (secondary N) is 1. The summed E-state index contributed by atoms with van der Waals surface area (Å²) in [5.74, 6) is 1.76. The molecule has 0 fully saturated rings. The summed E-state index contributed by atoms with van der Waals surface area (Å²) in [6.45, 7) is 2.12. The van der Waals surface area contributed by atoms with E-state index < -0.39 is 0 Å². The molecule has 3 rings (SSSR count). The smallest absolute Gasteiger partial charge is 0.174 e. The van der Waals surface area contributed by atoms with Gasteiger partial charge in [-0.2, -0.15) is 0 Å². The standard InChI is InChI=1S/C16H18N4OS/c1-4-22-16-19-13(10-15-18-7-8-20(15)16)11-5-6-12(17-2)14(9-11)21-3/h5-10,17H,4H2,1-3H3. The Hall–Kier alpha value is -2.21. The Morgan fingerprint density at radius 1 is 1.32 bits per heavy atom. The molecule has 0 bridgehead atoms. The zero-order valence-corrected chi connectivity index (χ0v) is 13.6. The lowest BCUT2D eigenvalue weighted by molar-refractivity contribution is 0.417. The highest BCUT2D eigenvalue weighted by Crippen LogP contribution is 2.31. The van der Waals surface area contributed by atoms with Crippen LogP contribution in [0.1, 0.15) is 6.92 Å². The topological polar surface area (TPSA) is 51.5 Å². The van der Waals surface area contributed by atoms with E-state index in [-0.39, 0.29) is 0 Å². The van der Waals surface area contributed by atoms with E-state index in [2.05, 4.69) is 17.2 Å². The van der Waals surface area contributed by atoms with Crippen molar-refractivity contribution < 1.29 is 4.74 Å². The highest BCUT2D eigenvalue weighted by molar-refractivity contribution is 7.99. The summed E-state index contributed by atoms with van der Waals surface area (Å²) in [4.78, 5) is 9.16. The van der Waals surface area contributed by atoms with Gasteiger partial charge in [0.2, 0.25) is 0 Å². The summed E-state index contributed by atoms with van der Waals surface area (Å²) in [6, 6.07) is 8.02. The average molecular weight is 314 g/mol. The molecule has 0 spiro atoms. The maximum Gasteiger partial charge on any atom is 0.174 e. The predicted molar refractivity (Wildman–Crippen MR) is 90.9 cm³/mol. The first kappa shape index (κ1) is 14.7. The maximum absolute atomic E-state index is 5.43. The van der Waals surface area contributed by atoms with E-state index in [1.807, 2.05) is 41.9 Å². The number of methoxy groups -OCH3 is 1. The van der Waals surface area contributed by atoms with Gasteiger partial charge in [-0.15, -0.1) is 0 Å². The summed E-state index contributed by atoms with van der Waals surface area (Å²) in [7, 11) is 3.55. The van der Waals surface area contributed by atoms with Gasteiger partial charge >= 0.3 is 0 Å². The van der Waals surface area contributed by atoms with E-state index in [0.29, 0.717) is 0 Å². The lowest BCUT2D eigenvalue weighted by atomic mass is 10.1. The Kier molecular flexibility index (Phi) is 4.20. The number of imidazole rings is 1. The van der Waals surface area contributed by atoms with E-state index in [0.717, 1.165) is 39.3 Å². The van der Waals surface area contributed by atoms with E-state index in [4.69, 9.17) is 9.72 Å². The molecule has 0 aliphatic heterocycles. The minimum Gasteiger partial charge on any atom is -0.495 e. The number of benzene rings is 1. The molecule has 0 unspecified atom stereocenters. The van der Waals surface area contributed by atoms with Crippen LogP contribution in [0.4, 0.5) is 5.69 Å². The largest absolute Gasteiger partial charge is 0.495 e. The third-order valence-electron chi connectivity index (χ3n) is 3.40. The molecule has 114 valence electrons. The number of rotatable bonds is 5. The molecular formula is C16H18N4OS. The fraction of sp³-hybridized carbons (Fsp3) is 0.250. The van der Waals surface area contributed by atoms with Crippen LogP contribution < -0.4 is 10.1 Å². The molecule has 22 heavy (non-hydrogen) atoms. The van der Waals surface area contributed by atoms with Crippen LogP contribution in [-0.2, 0) is 0 Å². The first-order valence-electron chi connectivity index (χ1n) is 7.10. The number of aromatic nitrogens is 3. The quantitative estimate of drug-likeness (QED) is 0.576. The molecule has 5 nitrogen and oxygen atoms in total. The van der Waals surface area contributed by atoms with Gasteiger partial charge in [0.15, 0.2) is 5.16 Å². The highest BCUT2D eigenvalue weighted by Gasteiger charge is 2.10. The lowest BCUT2D eigenvalue weighted by Gasteiger charge is -2.11. The van der Waals surface area contributed by atoms with Gasteiger partial charge in [-0.25, -0.2) is 9.97 Å². The SMILES string of the molecule is CCSc1nc(-c2ccc(NC)c(OC)c2)cc2nccn12. The fourth-order valence-corrected chi connectivity index (χ4v) is 3.05. The second-order valence-electron chi connectivity index (χ2n) is 4.68. The van der Waals surface area contributed by atoms with Crippen molar-refractivity contribution in [2.75, 3.05) is 25.2 Å². The van der Waals surface area contributed by atoms with E-state index in [1.165, 1.54) is 0 Å². The molecule has 0 saturated carbocycles. The summed E-state index contributed by atoms with van der Waals surface area (Å²) in [5, 5.41) is 4.06. The maximum atomic E-state index is 5.43.